The summed E-state index contributed by atoms with van der Waals surface area (Å²) >= 11 is 3.66. The fourth-order valence-corrected chi connectivity index (χ4v) is 5.54. The number of thioether (sulfide) groups is 1. The van der Waals surface area contributed by atoms with Crippen LogP contribution in [-0.4, -0.2) is 15.7 Å². The highest BCUT2D eigenvalue weighted by Gasteiger charge is 2.15. The molecule has 1 nitrogen and oxygen atoms in total. The Morgan fingerprint density at radius 3 is 2.45 bits per heavy atom. The van der Waals surface area contributed by atoms with Crippen molar-refractivity contribution < 1.29 is 4.21 Å². The van der Waals surface area contributed by atoms with Gasteiger partial charge in [-0.3, -0.25) is 4.21 Å². The van der Waals surface area contributed by atoms with Gasteiger partial charge in [-0.15, -0.1) is 23.1 Å². The molecule has 3 aromatic rings. The van der Waals surface area contributed by atoms with Gasteiger partial charge in [-0.1, -0.05) is 26.0 Å². The first-order valence-electron chi connectivity index (χ1n) is 6.71. The third-order valence-electron chi connectivity index (χ3n) is 3.25. The smallest absolute Gasteiger partial charge is 0.0533 e. The molecule has 0 radical (unpaired) electrons. The van der Waals surface area contributed by atoms with Gasteiger partial charge in [0, 0.05) is 35.7 Å². The summed E-state index contributed by atoms with van der Waals surface area (Å²) in [4.78, 5) is 2.29. The van der Waals surface area contributed by atoms with Gasteiger partial charge in [0.15, 0.2) is 0 Å². The lowest BCUT2D eigenvalue weighted by Crippen LogP contribution is -1.94. The molecule has 0 aliphatic rings. The van der Waals surface area contributed by atoms with Gasteiger partial charge < -0.3 is 0 Å². The van der Waals surface area contributed by atoms with Gasteiger partial charge in [0.05, 0.1) is 10.8 Å². The van der Waals surface area contributed by atoms with Crippen molar-refractivity contribution in [1.29, 1.82) is 0 Å². The summed E-state index contributed by atoms with van der Waals surface area (Å²) in [6, 6.07) is 12.6. The minimum atomic E-state index is -0.914. The van der Waals surface area contributed by atoms with Crippen LogP contribution in [-0.2, 0) is 10.8 Å². The van der Waals surface area contributed by atoms with E-state index in [2.05, 4.69) is 31.2 Å². The summed E-state index contributed by atoms with van der Waals surface area (Å²) in [5, 5.41) is 2.49. The molecule has 20 heavy (non-hydrogen) atoms. The largest absolute Gasteiger partial charge is 0.254 e. The van der Waals surface area contributed by atoms with E-state index in [4.69, 9.17) is 0 Å². The first kappa shape index (κ1) is 14.1. The van der Waals surface area contributed by atoms with Crippen molar-refractivity contribution in [3.8, 4) is 0 Å². The zero-order chi connectivity index (χ0) is 14.1. The normalized spacial score (nSPS) is 13.1. The van der Waals surface area contributed by atoms with E-state index < -0.39 is 10.8 Å². The average molecular weight is 321 g/mol. The summed E-state index contributed by atoms with van der Waals surface area (Å²) in [5.74, 6) is 1.72. The van der Waals surface area contributed by atoms with Crippen LogP contribution < -0.4 is 0 Å². The topological polar surface area (TPSA) is 17.1 Å². The Bertz CT molecular complexity index is 789. The molecule has 0 aliphatic heterocycles. The van der Waals surface area contributed by atoms with Crippen LogP contribution >= 0.6 is 23.1 Å². The molecule has 0 saturated heterocycles. The van der Waals surface area contributed by atoms with Gasteiger partial charge in [-0.25, -0.2) is 0 Å². The lowest BCUT2D eigenvalue weighted by atomic mass is 10.1. The molecule has 4 heteroatoms. The van der Waals surface area contributed by atoms with E-state index >= 15 is 0 Å². The lowest BCUT2D eigenvalue weighted by Gasteiger charge is -2.05. The number of hydrogen-bond donors (Lipinski definition) is 0. The average Bonchev–Trinajstić information content (AvgIpc) is 2.86. The second kappa shape index (κ2) is 5.88. The van der Waals surface area contributed by atoms with E-state index in [0.717, 1.165) is 10.6 Å². The Labute approximate surface area is 129 Å². The quantitative estimate of drug-likeness (QED) is 0.607. The fourth-order valence-electron chi connectivity index (χ4n) is 2.42. The Hall–Kier alpha value is -0.840. The molecule has 0 fully saturated rings. The number of thiophene rings is 1. The van der Waals surface area contributed by atoms with Gasteiger partial charge in [0.2, 0.25) is 0 Å². The van der Waals surface area contributed by atoms with Crippen molar-refractivity contribution in [2.45, 2.75) is 23.6 Å². The van der Waals surface area contributed by atoms with Crippen LogP contribution in [0.1, 0.15) is 13.8 Å². The Balaban J connectivity index is 2.43. The van der Waals surface area contributed by atoms with E-state index in [9.17, 15) is 4.21 Å². The monoisotopic (exact) mass is 320 g/mol. The summed E-state index contributed by atoms with van der Waals surface area (Å²) in [7, 11) is -0.914. The van der Waals surface area contributed by atoms with Gasteiger partial charge in [-0.2, -0.15) is 0 Å². The second-order valence-electron chi connectivity index (χ2n) is 4.43. The van der Waals surface area contributed by atoms with E-state index in [-0.39, 0.29) is 0 Å². The van der Waals surface area contributed by atoms with Gasteiger partial charge in [0.1, 0.15) is 0 Å². The highest BCUT2D eigenvalue weighted by Crippen LogP contribution is 2.41. The molecule has 1 heterocycles. The maximum absolute atomic E-state index is 12.3. The predicted molar refractivity (Wildman–Crippen MR) is 92.7 cm³/mol. The van der Waals surface area contributed by atoms with Crippen LogP contribution in [0.25, 0.3) is 20.2 Å². The van der Waals surface area contributed by atoms with Crippen molar-refractivity contribution in [3.05, 3.63) is 36.4 Å². The first-order chi connectivity index (χ1) is 9.76. The third-order valence-corrected chi connectivity index (χ3v) is 6.67. The number of fused-ring (bicyclic) bond motifs is 3. The number of benzene rings is 2. The van der Waals surface area contributed by atoms with Crippen LogP contribution in [0.15, 0.2) is 46.2 Å². The molecule has 0 saturated carbocycles. The van der Waals surface area contributed by atoms with Crippen LogP contribution in [0, 0.1) is 0 Å². The fraction of sp³-hybridized carbons (Fsp3) is 0.250. The Morgan fingerprint density at radius 1 is 1.05 bits per heavy atom. The molecule has 104 valence electrons. The summed E-state index contributed by atoms with van der Waals surface area (Å²) in [6.07, 6.45) is 0. The maximum Gasteiger partial charge on any atom is 0.0533 e. The minimum absolute atomic E-state index is 0.666. The first-order valence-corrected chi connectivity index (χ1v) is 9.83. The summed E-state index contributed by atoms with van der Waals surface area (Å²) < 4.78 is 14.9. The molecular formula is C16H16OS3. The molecule has 0 N–H and O–H groups in total. The molecule has 0 amide bonds. The molecule has 1 atom stereocenters. The summed E-state index contributed by atoms with van der Waals surface area (Å²) in [5.41, 5.74) is 0. The van der Waals surface area contributed by atoms with Crippen LogP contribution in [0.4, 0.5) is 0 Å². The number of rotatable bonds is 4. The van der Waals surface area contributed by atoms with Gasteiger partial charge >= 0.3 is 0 Å². The molecule has 0 spiro atoms. The molecule has 1 aromatic heterocycles. The van der Waals surface area contributed by atoms with Gasteiger partial charge in [-0.05, 0) is 30.0 Å². The van der Waals surface area contributed by atoms with Crippen molar-refractivity contribution in [1.82, 2.24) is 0 Å². The van der Waals surface area contributed by atoms with Crippen LogP contribution in [0.5, 0.6) is 0 Å². The molecule has 0 bridgehead atoms. The van der Waals surface area contributed by atoms with Crippen molar-refractivity contribution in [2.75, 3.05) is 11.5 Å². The maximum atomic E-state index is 12.3. The van der Waals surface area contributed by atoms with E-state index in [0.29, 0.717) is 5.75 Å². The molecular weight excluding hydrogens is 304 g/mol. The van der Waals surface area contributed by atoms with Crippen molar-refractivity contribution in [2.24, 2.45) is 0 Å². The highest BCUT2D eigenvalue weighted by molar-refractivity contribution is 7.99. The van der Waals surface area contributed by atoms with Crippen molar-refractivity contribution >= 4 is 54.1 Å². The molecule has 2 aromatic carbocycles. The minimum Gasteiger partial charge on any atom is -0.254 e. The van der Waals surface area contributed by atoms with E-state index in [1.807, 2.05) is 30.8 Å². The van der Waals surface area contributed by atoms with Crippen LogP contribution in [0.3, 0.4) is 0 Å². The third kappa shape index (κ3) is 2.30. The molecule has 3 rings (SSSR count). The van der Waals surface area contributed by atoms with E-state index in [1.54, 1.807) is 11.3 Å². The zero-order valence-corrected chi connectivity index (χ0v) is 14.0. The van der Waals surface area contributed by atoms with E-state index in [1.165, 1.54) is 25.1 Å². The lowest BCUT2D eigenvalue weighted by molar-refractivity contribution is 0.684. The second-order valence-corrected chi connectivity index (χ2v) is 8.53. The standard InChI is InChI=1S/C16H16OS3/c1-3-18-11-7-5-8-12-15(11)16-13(19-12)9-6-10-14(16)20(17)4-2/h5-10H,3-4H2,1-2H3. The Kier molecular flexibility index (Phi) is 4.15. The molecule has 0 aliphatic carbocycles. The SMILES string of the molecule is CCSc1cccc2sc3cccc(S(=O)CC)c3c12. The summed E-state index contributed by atoms with van der Waals surface area (Å²) in [6.45, 7) is 4.15. The highest BCUT2D eigenvalue weighted by atomic mass is 32.2. The Morgan fingerprint density at radius 2 is 1.75 bits per heavy atom. The number of hydrogen-bond acceptors (Lipinski definition) is 3. The predicted octanol–water partition coefficient (Wildman–Crippen LogP) is 5.29. The van der Waals surface area contributed by atoms with Gasteiger partial charge in [0.25, 0.3) is 0 Å². The molecule has 1 unspecified atom stereocenters. The van der Waals surface area contributed by atoms with Crippen LogP contribution in [0.2, 0.25) is 0 Å². The zero-order valence-electron chi connectivity index (χ0n) is 11.5. The van der Waals surface area contributed by atoms with Crippen molar-refractivity contribution in [3.63, 3.8) is 0 Å².